The Morgan fingerprint density at radius 3 is 2.42 bits per heavy atom. The largest absolute Gasteiger partial charge is 0.348 e. The average Bonchev–Trinajstić information content (AvgIpc) is 2.66. The van der Waals surface area contributed by atoms with Gasteiger partial charge in [-0.1, -0.05) is 33.6 Å². The lowest BCUT2D eigenvalue weighted by molar-refractivity contribution is -0.138. The normalized spacial score (nSPS) is 35.5. The molecule has 0 aromatic rings. The maximum Gasteiger partial charge on any atom is 0.163 e. The summed E-state index contributed by atoms with van der Waals surface area (Å²) in [5.41, 5.74) is 0.393. The molecule has 0 bridgehead atoms. The van der Waals surface area contributed by atoms with Gasteiger partial charge in [-0.25, -0.2) is 0 Å². The summed E-state index contributed by atoms with van der Waals surface area (Å²) in [4.78, 5) is 0. The van der Waals surface area contributed by atoms with Crippen molar-refractivity contribution in [3.05, 3.63) is 0 Å². The van der Waals surface area contributed by atoms with Gasteiger partial charge in [0, 0.05) is 12.6 Å². The number of hydrogen-bond acceptors (Lipinski definition) is 3. The van der Waals surface area contributed by atoms with Crippen LogP contribution < -0.4 is 5.32 Å². The lowest BCUT2D eigenvalue weighted by atomic mass is 9.69. The number of nitrogens with one attached hydrogen (secondary N) is 1. The second-order valence-corrected chi connectivity index (χ2v) is 7.72. The highest BCUT2D eigenvalue weighted by molar-refractivity contribution is 4.89. The molecule has 3 nitrogen and oxygen atoms in total. The Hall–Kier alpha value is -0.120. The fourth-order valence-corrected chi connectivity index (χ4v) is 3.56. The first-order valence-corrected chi connectivity index (χ1v) is 7.83. The molecule has 3 heteroatoms. The molecule has 19 heavy (non-hydrogen) atoms. The molecular formula is C16H31NO2. The zero-order valence-corrected chi connectivity index (χ0v) is 13.3. The van der Waals surface area contributed by atoms with Crippen molar-refractivity contribution in [2.75, 3.05) is 13.2 Å². The monoisotopic (exact) mass is 269 g/mol. The molecule has 1 heterocycles. The maximum absolute atomic E-state index is 5.88. The van der Waals surface area contributed by atoms with Crippen molar-refractivity contribution >= 4 is 0 Å². The summed E-state index contributed by atoms with van der Waals surface area (Å²) in [5.74, 6) is 0.374. The zero-order valence-electron chi connectivity index (χ0n) is 13.3. The predicted octanol–water partition coefficient (Wildman–Crippen LogP) is 3.33. The smallest absolute Gasteiger partial charge is 0.163 e. The zero-order chi connectivity index (χ0) is 14.1. The Balaban J connectivity index is 1.84. The Morgan fingerprint density at radius 1 is 1.16 bits per heavy atom. The first-order chi connectivity index (χ1) is 8.78. The molecule has 2 rings (SSSR count). The predicted molar refractivity (Wildman–Crippen MR) is 78.1 cm³/mol. The van der Waals surface area contributed by atoms with Crippen LogP contribution >= 0.6 is 0 Å². The van der Waals surface area contributed by atoms with Gasteiger partial charge in [0.1, 0.15) is 0 Å². The highest BCUT2D eigenvalue weighted by atomic mass is 16.7. The highest BCUT2D eigenvalue weighted by Gasteiger charge is 2.36. The third-order valence-electron chi connectivity index (χ3n) is 4.55. The van der Waals surface area contributed by atoms with E-state index >= 15 is 0 Å². The molecule has 0 aromatic heterocycles. The summed E-state index contributed by atoms with van der Waals surface area (Å²) < 4.78 is 11.5. The standard InChI is InChI=1S/C16H31NO2/c1-15(2,3)13-8-6-7-9-14(13)17-10-12-11-18-16(4,5)19-12/h12-14,17H,6-11H2,1-5H3. The quantitative estimate of drug-likeness (QED) is 0.852. The van der Waals surface area contributed by atoms with Crippen LogP contribution in [0.1, 0.15) is 60.3 Å². The van der Waals surface area contributed by atoms with Gasteiger partial charge in [0.05, 0.1) is 12.7 Å². The fraction of sp³-hybridized carbons (Fsp3) is 1.00. The molecule has 3 unspecified atom stereocenters. The van der Waals surface area contributed by atoms with Crippen molar-refractivity contribution in [3.8, 4) is 0 Å². The van der Waals surface area contributed by atoms with Gasteiger partial charge < -0.3 is 14.8 Å². The molecule has 1 saturated heterocycles. The fourth-order valence-electron chi connectivity index (χ4n) is 3.56. The van der Waals surface area contributed by atoms with Crippen LogP contribution in [0.15, 0.2) is 0 Å². The molecule has 2 aliphatic rings. The van der Waals surface area contributed by atoms with Crippen molar-refractivity contribution in [1.82, 2.24) is 5.32 Å². The second-order valence-electron chi connectivity index (χ2n) is 7.72. The van der Waals surface area contributed by atoms with E-state index in [0.717, 1.165) is 12.5 Å². The highest BCUT2D eigenvalue weighted by Crippen LogP contribution is 2.38. The van der Waals surface area contributed by atoms with Gasteiger partial charge in [-0.15, -0.1) is 0 Å². The van der Waals surface area contributed by atoms with E-state index in [-0.39, 0.29) is 6.10 Å². The molecular weight excluding hydrogens is 238 g/mol. The van der Waals surface area contributed by atoms with Crippen LogP contribution in [0, 0.1) is 11.3 Å². The number of rotatable bonds is 3. The van der Waals surface area contributed by atoms with Crippen LogP contribution in [0.2, 0.25) is 0 Å². The lowest BCUT2D eigenvalue weighted by Gasteiger charge is -2.41. The summed E-state index contributed by atoms with van der Waals surface area (Å²) in [6.07, 6.45) is 5.61. The first kappa shape index (κ1) is 15.3. The second kappa shape index (κ2) is 5.71. The van der Waals surface area contributed by atoms with Crippen LogP contribution in [-0.2, 0) is 9.47 Å². The number of ether oxygens (including phenoxy) is 2. The Labute approximate surface area is 118 Å². The van der Waals surface area contributed by atoms with E-state index in [0.29, 0.717) is 18.1 Å². The molecule has 0 aromatic carbocycles. The third-order valence-corrected chi connectivity index (χ3v) is 4.55. The van der Waals surface area contributed by atoms with E-state index in [1.54, 1.807) is 0 Å². The van der Waals surface area contributed by atoms with Crippen LogP contribution in [0.5, 0.6) is 0 Å². The molecule has 0 radical (unpaired) electrons. The van der Waals surface area contributed by atoms with E-state index in [1.165, 1.54) is 25.7 Å². The van der Waals surface area contributed by atoms with Crippen molar-refractivity contribution in [2.45, 2.75) is 78.2 Å². The van der Waals surface area contributed by atoms with Crippen LogP contribution in [0.25, 0.3) is 0 Å². The topological polar surface area (TPSA) is 30.5 Å². The number of hydrogen-bond donors (Lipinski definition) is 1. The molecule has 112 valence electrons. The summed E-state index contributed by atoms with van der Waals surface area (Å²) in [5, 5.41) is 3.75. The molecule has 1 aliphatic heterocycles. The molecule has 0 spiro atoms. The summed E-state index contributed by atoms with van der Waals surface area (Å²) in [6.45, 7) is 12.7. The van der Waals surface area contributed by atoms with Crippen LogP contribution in [0.3, 0.4) is 0 Å². The average molecular weight is 269 g/mol. The van der Waals surface area contributed by atoms with Gasteiger partial charge in [-0.05, 0) is 38.0 Å². The van der Waals surface area contributed by atoms with Crippen LogP contribution in [0.4, 0.5) is 0 Å². The van der Waals surface area contributed by atoms with E-state index in [2.05, 4.69) is 26.1 Å². The van der Waals surface area contributed by atoms with Gasteiger partial charge in [-0.2, -0.15) is 0 Å². The van der Waals surface area contributed by atoms with Gasteiger partial charge in [0.25, 0.3) is 0 Å². The van der Waals surface area contributed by atoms with Crippen LogP contribution in [-0.4, -0.2) is 31.1 Å². The van der Waals surface area contributed by atoms with Gasteiger partial charge in [0.2, 0.25) is 0 Å². The van der Waals surface area contributed by atoms with E-state index in [1.807, 2.05) is 13.8 Å². The van der Waals surface area contributed by atoms with Gasteiger partial charge in [-0.3, -0.25) is 0 Å². The third kappa shape index (κ3) is 4.17. The molecule has 3 atom stereocenters. The van der Waals surface area contributed by atoms with Gasteiger partial charge >= 0.3 is 0 Å². The molecule has 1 saturated carbocycles. The molecule has 2 fully saturated rings. The van der Waals surface area contributed by atoms with E-state index in [9.17, 15) is 0 Å². The Morgan fingerprint density at radius 2 is 1.84 bits per heavy atom. The minimum Gasteiger partial charge on any atom is -0.348 e. The van der Waals surface area contributed by atoms with Crippen molar-refractivity contribution in [2.24, 2.45) is 11.3 Å². The summed E-state index contributed by atoms with van der Waals surface area (Å²) in [7, 11) is 0. The Bertz CT molecular complexity index is 296. The Kier molecular flexibility index (Phi) is 4.59. The molecule has 1 aliphatic carbocycles. The van der Waals surface area contributed by atoms with E-state index in [4.69, 9.17) is 9.47 Å². The minimum atomic E-state index is -0.400. The SMILES string of the molecule is CC1(C)OCC(CNC2CCCCC2C(C)(C)C)O1. The van der Waals surface area contributed by atoms with Crippen molar-refractivity contribution < 1.29 is 9.47 Å². The molecule has 1 N–H and O–H groups in total. The molecule has 0 amide bonds. The maximum atomic E-state index is 5.88. The van der Waals surface area contributed by atoms with Crippen molar-refractivity contribution in [3.63, 3.8) is 0 Å². The van der Waals surface area contributed by atoms with Gasteiger partial charge in [0.15, 0.2) is 5.79 Å². The summed E-state index contributed by atoms with van der Waals surface area (Å²) in [6, 6.07) is 0.640. The minimum absolute atomic E-state index is 0.206. The summed E-state index contributed by atoms with van der Waals surface area (Å²) >= 11 is 0. The van der Waals surface area contributed by atoms with E-state index < -0.39 is 5.79 Å². The first-order valence-electron chi connectivity index (χ1n) is 7.83. The van der Waals surface area contributed by atoms with Crippen molar-refractivity contribution in [1.29, 1.82) is 0 Å². The lowest BCUT2D eigenvalue weighted by Crippen LogP contribution is -2.47.